The lowest BCUT2D eigenvalue weighted by Crippen LogP contribution is -2.35. The van der Waals surface area contributed by atoms with E-state index in [-0.39, 0.29) is 11.4 Å². The molecular formula is C26H22F3N3O2S. The largest absolute Gasteiger partial charge is 0.496 e. The van der Waals surface area contributed by atoms with E-state index in [0.717, 1.165) is 34.9 Å². The Hall–Kier alpha value is -3.43. The predicted octanol–water partition coefficient (Wildman–Crippen LogP) is 5.75. The number of methoxy groups -OCH3 is 1. The van der Waals surface area contributed by atoms with E-state index in [1.165, 1.54) is 17.0 Å². The van der Waals surface area contributed by atoms with Crippen LogP contribution in [0, 0.1) is 0 Å². The molecule has 1 aliphatic rings. The van der Waals surface area contributed by atoms with Crippen molar-refractivity contribution in [3.8, 4) is 27.6 Å². The lowest BCUT2D eigenvalue weighted by Gasteiger charge is -2.27. The molecule has 0 spiro atoms. The molecule has 0 saturated carbocycles. The first-order valence-corrected chi connectivity index (χ1v) is 11.9. The van der Waals surface area contributed by atoms with Crippen molar-refractivity contribution in [2.24, 2.45) is 0 Å². The average molecular weight is 498 g/mol. The maximum absolute atomic E-state index is 12.8. The zero-order valence-corrected chi connectivity index (χ0v) is 19.7. The molecule has 5 rings (SSSR count). The third kappa shape index (κ3) is 4.87. The van der Waals surface area contributed by atoms with Crippen LogP contribution in [0.3, 0.4) is 0 Å². The lowest BCUT2D eigenvalue weighted by atomic mass is 10.1. The van der Waals surface area contributed by atoms with Crippen LogP contribution in [0.4, 0.5) is 13.2 Å². The highest BCUT2D eigenvalue weighted by molar-refractivity contribution is 7.15. The van der Waals surface area contributed by atoms with Crippen molar-refractivity contribution in [3.05, 3.63) is 92.7 Å². The average Bonchev–Trinajstić information content (AvgIpc) is 3.32. The number of ether oxygens (including phenoxy) is 1. The van der Waals surface area contributed by atoms with Crippen molar-refractivity contribution < 1.29 is 17.9 Å². The summed E-state index contributed by atoms with van der Waals surface area (Å²) in [4.78, 5) is 24.6. The zero-order chi connectivity index (χ0) is 24.6. The van der Waals surface area contributed by atoms with Crippen LogP contribution in [0.2, 0.25) is 0 Å². The fourth-order valence-corrected chi connectivity index (χ4v) is 5.33. The number of para-hydroxylation sites is 1. The fourth-order valence-electron chi connectivity index (χ4n) is 4.25. The Morgan fingerprint density at radius 2 is 1.86 bits per heavy atom. The number of aromatic nitrogens is 2. The van der Waals surface area contributed by atoms with E-state index in [1.807, 2.05) is 24.3 Å². The minimum atomic E-state index is -4.41. The molecule has 35 heavy (non-hydrogen) atoms. The number of hydrogen-bond acceptors (Lipinski definition) is 5. The Morgan fingerprint density at radius 3 is 2.60 bits per heavy atom. The van der Waals surface area contributed by atoms with Crippen LogP contribution in [0.25, 0.3) is 21.8 Å². The van der Waals surface area contributed by atoms with Crippen LogP contribution < -0.4 is 10.3 Å². The highest BCUT2D eigenvalue weighted by Crippen LogP contribution is 2.35. The summed E-state index contributed by atoms with van der Waals surface area (Å²) < 4.78 is 44.0. The number of benzene rings is 2. The van der Waals surface area contributed by atoms with Crippen molar-refractivity contribution in [2.75, 3.05) is 13.7 Å². The summed E-state index contributed by atoms with van der Waals surface area (Å²) in [6, 6.07) is 16.7. The van der Waals surface area contributed by atoms with Gasteiger partial charge in [0.2, 0.25) is 0 Å². The van der Waals surface area contributed by atoms with E-state index in [9.17, 15) is 18.0 Å². The molecule has 0 radical (unpaired) electrons. The molecule has 0 amide bonds. The molecule has 1 N–H and O–H groups in total. The van der Waals surface area contributed by atoms with E-state index < -0.39 is 11.7 Å². The molecule has 1 aliphatic heterocycles. The second kappa shape index (κ2) is 9.31. The van der Waals surface area contributed by atoms with E-state index in [2.05, 4.69) is 27.0 Å². The minimum absolute atomic E-state index is 0.254. The quantitative estimate of drug-likeness (QED) is 0.381. The first-order chi connectivity index (χ1) is 16.8. The van der Waals surface area contributed by atoms with Gasteiger partial charge in [-0.15, -0.1) is 11.3 Å². The maximum Gasteiger partial charge on any atom is 0.416 e. The number of rotatable bonds is 5. The van der Waals surface area contributed by atoms with Crippen molar-refractivity contribution in [1.82, 2.24) is 14.9 Å². The second-order valence-corrected chi connectivity index (χ2v) is 9.51. The molecular weight excluding hydrogens is 475 g/mol. The molecule has 4 aromatic rings. The molecule has 0 fully saturated rings. The van der Waals surface area contributed by atoms with Gasteiger partial charge in [-0.3, -0.25) is 9.69 Å². The Kier molecular flexibility index (Phi) is 6.21. The Balaban J connectivity index is 1.32. The van der Waals surface area contributed by atoms with E-state index >= 15 is 0 Å². The van der Waals surface area contributed by atoms with E-state index in [0.29, 0.717) is 36.3 Å². The fraction of sp³-hybridized carbons (Fsp3) is 0.231. The standard InChI is InChI=1S/C26H22F3N3O2S/c1-34-22-5-3-2-4-19(22)23-11-10-18(35-23)14-32-13-12-21-20(15-32)25(33)31-24(30-21)16-6-8-17(9-7-16)26(27,28)29/h2-11H,12-15H2,1H3,(H,30,31,33). The lowest BCUT2D eigenvalue weighted by molar-refractivity contribution is -0.137. The number of hydrogen-bond donors (Lipinski definition) is 1. The molecule has 0 atom stereocenters. The van der Waals surface area contributed by atoms with Gasteiger partial charge in [0, 0.05) is 46.9 Å². The first kappa shape index (κ1) is 23.3. The normalized spacial score (nSPS) is 14.1. The van der Waals surface area contributed by atoms with Gasteiger partial charge in [0.15, 0.2) is 0 Å². The van der Waals surface area contributed by atoms with Gasteiger partial charge >= 0.3 is 6.18 Å². The Labute approximate surface area is 203 Å². The number of thiophene rings is 1. The van der Waals surface area contributed by atoms with E-state index in [1.54, 1.807) is 18.4 Å². The topological polar surface area (TPSA) is 58.2 Å². The Bertz CT molecular complexity index is 1410. The van der Waals surface area contributed by atoms with Crippen molar-refractivity contribution >= 4 is 11.3 Å². The summed E-state index contributed by atoms with van der Waals surface area (Å²) in [6.45, 7) is 1.91. The number of fused-ring (bicyclic) bond motifs is 1. The van der Waals surface area contributed by atoms with Crippen molar-refractivity contribution in [1.29, 1.82) is 0 Å². The molecule has 0 bridgehead atoms. The van der Waals surface area contributed by atoms with Gasteiger partial charge in [0.1, 0.15) is 11.6 Å². The van der Waals surface area contributed by atoms with Gasteiger partial charge in [-0.05, 0) is 36.4 Å². The van der Waals surface area contributed by atoms with Crippen molar-refractivity contribution in [3.63, 3.8) is 0 Å². The van der Waals surface area contributed by atoms with Gasteiger partial charge < -0.3 is 9.72 Å². The summed E-state index contributed by atoms with van der Waals surface area (Å²) in [6.07, 6.45) is -3.81. The SMILES string of the molecule is COc1ccccc1-c1ccc(CN2CCc3nc(-c4ccc(C(F)(F)F)cc4)[nH]c(=O)c3C2)s1. The molecule has 2 aromatic carbocycles. The van der Waals surface area contributed by atoms with Gasteiger partial charge in [-0.25, -0.2) is 4.98 Å². The number of alkyl halides is 3. The first-order valence-electron chi connectivity index (χ1n) is 11.1. The summed E-state index contributed by atoms with van der Waals surface area (Å²) in [5, 5.41) is 0. The predicted molar refractivity (Wildman–Crippen MR) is 129 cm³/mol. The van der Waals surface area contributed by atoms with Crippen LogP contribution in [-0.4, -0.2) is 28.5 Å². The zero-order valence-electron chi connectivity index (χ0n) is 18.9. The van der Waals surface area contributed by atoms with Crippen LogP contribution in [0.1, 0.15) is 21.7 Å². The van der Waals surface area contributed by atoms with E-state index in [4.69, 9.17) is 4.74 Å². The molecule has 5 nitrogen and oxygen atoms in total. The molecule has 180 valence electrons. The number of aromatic amines is 1. The summed E-state index contributed by atoms with van der Waals surface area (Å²) in [5.74, 6) is 1.12. The number of halogens is 3. The third-order valence-electron chi connectivity index (χ3n) is 6.05. The maximum atomic E-state index is 12.8. The van der Waals surface area contributed by atoms with Crippen LogP contribution in [-0.2, 0) is 25.7 Å². The molecule has 0 aliphatic carbocycles. The molecule has 9 heteroatoms. The van der Waals surface area contributed by atoms with Gasteiger partial charge in [0.25, 0.3) is 5.56 Å². The second-order valence-electron chi connectivity index (χ2n) is 8.34. The van der Waals surface area contributed by atoms with Crippen molar-refractivity contribution in [2.45, 2.75) is 25.7 Å². The third-order valence-corrected chi connectivity index (χ3v) is 7.15. The monoisotopic (exact) mass is 497 g/mol. The van der Waals surface area contributed by atoms with Gasteiger partial charge in [0.05, 0.1) is 23.9 Å². The summed E-state index contributed by atoms with van der Waals surface area (Å²) in [7, 11) is 1.66. The van der Waals surface area contributed by atoms with Crippen LogP contribution in [0.5, 0.6) is 5.75 Å². The summed E-state index contributed by atoms with van der Waals surface area (Å²) in [5.41, 5.74) is 1.80. The van der Waals surface area contributed by atoms with Gasteiger partial charge in [-0.2, -0.15) is 13.2 Å². The minimum Gasteiger partial charge on any atom is -0.496 e. The Morgan fingerprint density at radius 1 is 1.09 bits per heavy atom. The molecule has 2 aromatic heterocycles. The number of nitrogens with one attached hydrogen (secondary N) is 1. The molecule has 0 saturated heterocycles. The molecule has 0 unspecified atom stereocenters. The number of H-pyrrole nitrogens is 1. The van der Waals surface area contributed by atoms with Crippen LogP contribution >= 0.6 is 11.3 Å². The number of nitrogens with zero attached hydrogens (tertiary/aromatic N) is 2. The smallest absolute Gasteiger partial charge is 0.416 e. The van der Waals surface area contributed by atoms with Gasteiger partial charge in [-0.1, -0.05) is 24.3 Å². The highest BCUT2D eigenvalue weighted by Gasteiger charge is 2.30. The highest BCUT2D eigenvalue weighted by atomic mass is 32.1. The molecule has 3 heterocycles. The summed E-state index contributed by atoms with van der Waals surface area (Å²) >= 11 is 1.69. The van der Waals surface area contributed by atoms with Crippen LogP contribution in [0.15, 0.2) is 65.5 Å².